The first-order valence-electron chi connectivity index (χ1n) is 5.67. The number of benzene rings is 1. The van der Waals surface area contributed by atoms with Crippen LogP contribution in [0.4, 0.5) is 10.1 Å². The summed E-state index contributed by atoms with van der Waals surface area (Å²) in [5.41, 5.74) is 0.900. The van der Waals surface area contributed by atoms with Gasteiger partial charge in [-0.05, 0) is 26.8 Å². The van der Waals surface area contributed by atoms with E-state index >= 15 is 0 Å². The van der Waals surface area contributed by atoms with Crippen molar-refractivity contribution in [1.29, 1.82) is 0 Å². The fraction of sp³-hybridized carbons (Fsp3) is 0.500. The van der Waals surface area contributed by atoms with Crippen LogP contribution in [0, 0.1) is 5.82 Å². The van der Waals surface area contributed by atoms with Crippen LogP contribution in [-0.4, -0.2) is 15.9 Å². The summed E-state index contributed by atoms with van der Waals surface area (Å²) in [6.07, 6.45) is 0.706. The zero-order valence-electron chi connectivity index (χ0n) is 10.6. The molecular weight excluding hydrogens is 255 g/mol. The van der Waals surface area contributed by atoms with Gasteiger partial charge in [-0.3, -0.25) is 0 Å². The predicted octanol–water partition coefficient (Wildman–Crippen LogP) is 3.31. The molecule has 0 saturated carbocycles. The summed E-state index contributed by atoms with van der Waals surface area (Å²) < 4.78 is 33.8. The standard InChI is InChI=1S/C12H15FN2O2S/c1-12(2,3)18(16)15-14-10-7-11-8(4-5-17-11)6-9(10)13/h6-7H,4-5H2,1-3H3. The van der Waals surface area contributed by atoms with E-state index in [1.165, 1.54) is 12.1 Å². The average molecular weight is 270 g/mol. The summed E-state index contributed by atoms with van der Waals surface area (Å²) in [6.45, 7) is 5.90. The Morgan fingerprint density at radius 3 is 2.78 bits per heavy atom. The number of hydrogen-bond acceptors (Lipinski definition) is 4. The molecule has 18 heavy (non-hydrogen) atoms. The van der Waals surface area contributed by atoms with E-state index in [1.54, 1.807) is 20.8 Å². The van der Waals surface area contributed by atoms with E-state index in [-0.39, 0.29) is 5.69 Å². The molecule has 0 N–H and O–H groups in total. The Morgan fingerprint density at radius 1 is 1.39 bits per heavy atom. The second-order valence-electron chi connectivity index (χ2n) is 5.05. The number of fused-ring (bicyclic) bond motifs is 1. The maximum atomic E-state index is 13.7. The van der Waals surface area contributed by atoms with Crippen molar-refractivity contribution < 1.29 is 13.7 Å². The van der Waals surface area contributed by atoms with Crippen molar-refractivity contribution in [3.05, 3.63) is 23.5 Å². The molecule has 1 aromatic carbocycles. The predicted molar refractivity (Wildman–Crippen MR) is 68.0 cm³/mol. The van der Waals surface area contributed by atoms with Crippen LogP contribution in [0.5, 0.6) is 5.75 Å². The first-order chi connectivity index (χ1) is 8.38. The molecule has 0 radical (unpaired) electrons. The lowest BCUT2D eigenvalue weighted by molar-refractivity contribution is 0.356. The van der Waals surface area contributed by atoms with Gasteiger partial charge >= 0.3 is 0 Å². The monoisotopic (exact) mass is 270 g/mol. The first-order valence-corrected chi connectivity index (χ1v) is 6.77. The van der Waals surface area contributed by atoms with Crippen molar-refractivity contribution in [1.82, 2.24) is 0 Å². The van der Waals surface area contributed by atoms with Crippen LogP contribution in [0.25, 0.3) is 0 Å². The Labute approximate surface area is 109 Å². The van der Waals surface area contributed by atoms with E-state index in [2.05, 4.69) is 9.63 Å². The molecule has 0 amide bonds. The van der Waals surface area contributed by atoms with Crippen molar-refractivity contribution in [2.45, 2.75) is 31.9 Å². The molecule has 0 fully saturated rings. The molecule has 6 heteroatoms. The Morgan fingerprint density at radius 2 is 2.11 bits per heavy atom. The van der Waals surface area contributed by atoms with Gasteiger partial charge < -0.3 is 9.29 Å². The zero-order chi connectivity index (χ0) is 13.3. The van der Waals surface area contributed by atoms with E-state index in [4.69, 9.17) is 4.74 Å². The van der Waals surface area contributed by atoms with Gasteiger partial charge in [-0.15, -0.1) is 5.11 Å². The highest BCUT2D eigenvalue weighted by molar-refractivity contribution is 7.91. The maximum Gasteiger partial charge on any atom is 0.151 e. The molecule has 0 aliphatic carbocycles. The minimum Gasteiger partial charge on any atom is -0.589 e. The summed E-state index contributed by atoms with van der Waals surface area (Å²) in [4.78, 5) is 0. The molecule has 1 heterocycles. The summed E-state index contributed by atoms with van der Waals surface area (Å²) in [7, 11) is 0. The Balaban J connectivity index is 2.22. The average Bonchev–Trinajstić information content (AvgIpc) is 2.70. The Hall–Kier alpha value is -1.14. The molecule has 98 valence electrons. The van der Waals surface area contributed by atoms with Gasteiger partial charge in [0, 0.05) is 22.6 Å². The highest BCUT2D eigenvalue weighted by Crippen LogP contribution is 2.33. The van der Waals surface area contributed by atoms with Crippen molar-refractivity contribution in [3.8, 4) is 5.75 Å². The normalized spacial score (nSPS) is 16.7. The molecule has 1 unspecified atom stereocenters. The molecule has 1 aliphatic rings. The summed E-state index contributed by atoms with van der Waals surface area (Å²) in [5, 5.41) is 3.72. The molecule has 0 bridgehead atoms. The molecule has 0 aromatic heterocycles. The van der Waals surface area contributed by atoms with Gasteiger partial charge in [0.15, 0.2) is 5.82 Å². The third-order valence-electron chi connectivity index (χ3n) is 2.51. The number of hydrogen-bond donors (Lipinski definition) is 0. The molecule has 1 aliphatic heterocycles. The van der Waals surface area contributed by atoms with Crippen molar-refractivity contribution >= 4 is 17.0 Å². The maximum absolute atomic E-state index is 13.7. The van der Waals surface area contributed by atoms with Gasteiger partial charge in [-0.25, -0.2) is 4.39 Å². The molecular formula is C12H15FN2O2S. The van der Waals surface area contributed by atoms with Crippen molar-refractivity contribution in [2.75, 3.05) is 6.61 Å². The molecule has 2 rings (SSSR count). The van der Waals surface area contributed by atoms with E-state index in [1.807, 2.05) is 0 Å². The Kier molecular flexibility index (Phi) is 3.59. The quantitative estimate of drug-likeness (QED) is 0.611. The largest absolute Gasteiger partial charge is 0.589 e. The molecule has 1 atom stereocenters. The number of nitrogens with zero attached hydrogens (tertiary/aromatic N) is 2. The van der Waals surface area contributed by atoms with E-state index in [9.17, 15) is 8.94 Å². The molecule has 0 saturated heterocycles. The third kappa shape index (κ3) is 2.81. The van der Waals surface area contributed by atoms with Crippen LogP contribution < -0.4 is 4.74 Å². The smallest absolute Gasteiger partial charge is 0.151 e. The van der Waals surface area contributed by atoms with Gasteiger partial charge in [0.05, 0.1) is 6.61 Å². The number of halogens is 1. The van der Waals surface area contributed by atoms with Crippen molar-refractivity contribution in [2.24, 2.45) is 9.63 Å². The van der Waals surface area contributed by atoms with Gasteiger partial charge in [0.25, 0.3) is 0 Å². The van der Waals surface area contributed by atoms with Gasteiger partial charge in [0.2, 0.25) is 0 Å². The fourth-order valence-corrected chi connectivity index (χ4v) is 1.87. The highest BCUT2D eigenvalue weighted by atomic mass is 32.2. The molecule has 0 spiro atoms. The number of ether oxygens (including phenoxy) is 1. The van der Waals surface area contributed by atoms with Gasteiger partial charge in [-0.1, -0.05) is 0 Å². The highest BCUT2D eigenvalue weighted by Gasteiger charge is 2.27. The molecule has 1 aromatic rings. The summed E-state index contributed by atoms with van der Waals surface area (Å²) >= 11 is -1.49. The van der Waals surface area contributed by atoms with Crippen LogP contribution in [0.15, 0.2) is 21.8 Å². The minimum absolute atomic E-state index is 0.0632. The third-order valence-corrected chi connectivity index (χ3v) is 3.78. The zero-order valence-corrected chi connectivity index (χ0v) is 11.4. The van der Waals surface area contributed by atoms with Gasteiger partial charge in [-0.2, -0.15) is 0 Å². The fourth-order valence-electron chi connectivity index (χ4n) is 1.46. The van der Waals surface area contributed by atoms with Crippen LogP contribution in [0.1, 0.15) is 26.3 Å². The lowest BCUT2D eigenvalue weighted by atomic mass is 10.1. The second-order valence-corrected chi connectivity index (χ2v) is 6.94. The summed E-state index contributed by atoms with van der Waals surface area (Å²) in [5.74, 6) is 0.167. The lowest BCUT2D eigenvalue weighted by Gasteiger charge is -2.16. The first kappa shape index (κ1) is 13.3. The Bertz CT molecular complexity index is 486. The van der Waals surface area contributed by atoms with Crippen LogP contribution in [0.2, 0.25) is 0 Å². The van der Waals surface area contributed by atoms with Crippen LogP contribution >= 0.6 is 0 Å². The van der Waals surface area contributed by atoms with Crippen LogP contribution in [0.3, 0.4) is 0 Å². The van der Waals surface area contributed by atoms with E-state index < -0.39 is 21.9 Å². The number of rotatable bonds is 2. The van der Waals surface area contributed by atoms with Gasteiger partial charge in [0.1, 0.15) is 27.5 Å². The van der Waals surface area contributed by atoms with E-state index in [0.717, 1.165) is 5.56 Å². The minimum atomic E-state index is -1.49. The lowest BCUT2D eigenvalue weighted by Crippen LogP contribution is -2.25. The SMILES string of the molecule is CC(C)(C)[S+]([O-])N=Nc1cc2c(cc1F)CCO2. The van der Waals surface area contributed by atoms with Crippen LogP contribution in [-0.2, 0) is 17.8 Å². The van der Waals surface area contributed by atoms with E-state index in [0.29, 0.717) is 18.8 Å². The molecule has 4 nitrogen and oxygen atoms in total. The topological polar surface area (TPSA) is 57.0 Å². The van der Waals surface area contributed by atoms with Crippen molar-refractivity contribution in [3.63, 3.8) is 0 Å². The second kappa shape index (κ2) is 4.85. The summed E-state index contributed by atoms with van der Waals surface area (Å²) in [6, 6.07) is 2.90.